The predicted octanol–water partition coefficient (Wildman–Crippen LogP) is 0.00892. The molecule has 0 unspecified atom stereocenters. The van der Waals surface area contributed by atoms with Gasteiger partial charge in [-0.1, -0.05) is 0 Å². The third-order valence-electron chi connectivity index (χ3n) is 3.09. The van der Waals surface area contributed by atoms with Gasteiger partial charge in [0.25, 0.3) is 10.0 Å². The summed E-state index contributed by atoms with van der Waals surface area (Å²) in [7, 11) is -3.69. The third-order valence-corrected chi connectivity index (χ3v) is 4.40. The van der Waals surface area contributed by atoms with Crippen molar-refractivity contribution in [2.24, 2.45) is 0 Å². The number of likely N-dealkylation sites (tertiary alicyclic amines) is 1. The molecule has 0 aliphatic carbocycles. The van der Waals surface area contributed by atoms with Gasteiger partial charge in [-0.15, -0.1) is 0 Å². The molecule has 0 saturated carbocycles. The number of imidazole rings is 1. The lowest BCUT2D eigenvalue weighted by molar-refractivity contribution is -0.130. The molecule has 0 atom stereocenters. The molecule has 8 heteroatoms. The van der Waals surface area contributed by atoms with E-state index in [1.54, 1.807) is 11.8 Å². The van der Waals surface area contributed by atoms with Crippen LogP contribution in [0.25, 0.3) is 0 Å². The van der Waals surface area contributed by atoms with E-state index in [0.717, 1.165) is 19.3 Å². The second-order valence-electron chi connectivity index (χ2n) is 4.60. The summed E-state index contributed by atoms with van der Waals surface area (Å²) < 4.78 is 26.1. The number of rotatable bonds is 4. The molecule has 106 valence electrons. The minimum atomic E-state index is -3.69. The van der Waals surface area contributed by atoms with Crippen LogP contribution >= 0.6 is 0 Å². The van der Waals surface area contributed by atoms with Crippen LogP contribution in [0.3, 0.4) is 0 Å². The Balaban J connectivity index is 1.92. The van der Waals surface area contributed by atoms with Crippen molar-refractivity contribution in [1.82, 2.24) is 19.6 Å². The van der Waals surface area contributed by atoms with Crippen molar-refractivity contribution in [2.45, 2.75) is 31.2 Å². The Morgan fingerprint density at radius 2 is 2.11 bits per heavy atom. The molecule has 0 radical (unpaired) electrons. The van der Waals surface area contributed by atoms with E-state index in [0.29, 0.717) is 18.9 Å². The Bertz CT molecular complexity index is 546. The summed E-state index contributed by atoms with van der Waals surface area (Å²) in [5, 5.41) is -0.0172. The van der Waals surface area contributed by atoms with Gasteiger partial charge in [0.1, 0.15) is 5.82 Å². The summed E-state index contributed by atoms with van der Waals surface area (Å²) in [6.07, 6.45) is 4.34. The molecular formula is C11H18N4O3S. The molecule has 1 aliphatic heterocycles. The molecule has 0 bridgehead atoms. The predicted molar refractivity (Wildman–Crippen MR) is 68.9 cm³/mol. The van der Waals surface area contributed by atoms with Crippen molar-refractivity contribution in [3.8, 4) is 0 Å². The Labute approximate surface area is 112 Å². The third kappa shape index (κ3) is 3.54. The lowest BCUT2D eigenvalue weighted by Gasteiger charge is -2.26. The fourth-order valence-electron chi connectivity index (χ4n) is 2.02. The highest BCUT2D eigenvalue weighted by Crippen LogP contribution is 2.09. The maximum Gasteiger partial charge on any atom is 0.258 e. The zero-order chi connectivity index (χ0) is 13.9. The summed E-state index contributed by atoms with van der Waals surface area (Å²) in [6.45, 7) is 2.88. The Hall–Kier alpha value is -1.41. The molecule has 1 aromatic heterocycles. The number of sulfonamides is 1. The van der Waals surface area contributed by atoms with Gasteiger partial charge in [0.05, 0.1) is 12.7 Å². The van der Waals surface area contributed by atoms with Crippen molar-refractivity contribution in [3.63, 3.8) is 0 Å². The number of amides is 1. The van der Waals surface area contributed by atoms with Crippen LogP contribution in [-0.2, 0) is 14.8 Å². The Morgan fingerprint density at radius 1 is 1.42 bits per heavy atom. The van der Waals surface area contributed by atoms with E-state index in [9.17, 15) is 13.2 Å². The van der Waals surface area contributed by atoms with Crippen molar-refractivity contribution in [1.29, 1.82) is 0 Å². The van der Waals surface area contributed by atoms with Crippen molar-refractivity contribution >= 4 is 15.9 Å². The van der Waals surface area contributed by atoms with Gasteiger partial charge in [-0.2, -0.15) is 0 Å². The molecule has 1 amide bonds. The molecule has 0 spiro atoms. The monoisotopic (exact) mass is 286 g/mol. The van der Waals surface area contributed by atoms with E-state index in [-0.39, 0.29) is 17.5 Å². The number of H-pyrrole nitrogens is 1. The van der Waals surface area contributed by atoms with Crippen molar-refractivity contribution in [3.05, 3.63) is 12.0 Å². The molecule has 1 saturated heterocycles. The molecule has 1 aliphatic rings. The summed E-state index contributed by atoms with van der Waals surface area (Å²) in [4.78, 5) is 20.0. The number of aryl methyl sites for hydroxylation is 1. The minimum absolute atomic E-state index is 0.0172. The van der Waals surface area contributed by atoms with Crippen LogP contribution in [0.4, 0.5) is 0 Å². The highest BCUT2D eigenvalue weighted by Gasteiger charge is 2.21. The number of hydrogen-bond donors (Lipinski definition) is 2. The maximum atomic E-state index is 11.9. The number of carbonyl (C=O) groups excluding carboxylic acids is 1. The van der Waals surface area contributed by atoms with Gasteiger partial charge in [0.15, 0.2) is 5.03 Å². The number of nitrogens with one attached hydrogen (secondary N) is 2. The van der Waals surface area contributed by atoms with Crippen molar-refractivity contribution in [2.75, 3.05) is 19.6 Å². The van der Waals surface area contributed by atoms with E-state index < -0.39 is 10.0 Å². The molecule has 7 nitrogen and oxygen atoms in total. The van der Waals surface area contributed by atoms with Gasteiger partial charge >= 0.3 is 0 Å². The van der Waals surface area contributed by atoms with E-state index in [4.69, 9.17) is 0 Å². The normalized spacial score (nSPS) is 16.6. The smallest absolute Gasteiger partial charge is 0.258 e. The molecule has 19 heavy (non-hydrogen) atoms. The van der Waals surface area contributed by atoms with Gasteiger partial charge in [0, 0.05) is 13.1 Å². The van der Waals surface area contributed by atoms with Gasteiger partial charge in [-0.25, -0.2) is 18.1 Å². The van der Waals surface area contributed by atoms with Gasteiger partial charge in [-0.05, 0) is 26.2 Å². The summed E-state index contributed by atoms with van der Waals surface area (Å²) >= 11 is 0. The first-order chi connectivity index (χ1) is 8.99. The second-order valence-corrected chi connectivity index (χ2v) is 6.33. The fraction of sp³-hybridized carbons (Fsp3) is 0.636. The summed E-state index contributed by atoms with van der Waals surface area (Å²) in [6, 6.07) is 0. The first-order valence-electron chi connectivity index (χ1n) is 6.28. The van der Waals surface area contributed by atoms with Gasteiger partial charge in [-0.3, -0.25) is 4.79 Å². The van der Waals surface area contributed by atoms with E-state index in [1.807, 2.05) is 0 Å². The first kappa shape index (κ1) is 14.0. The number of hydrogen-bond acceptors (Lipinski definition) is 4. The zero-order valence-electron chi connectivity index (χ0n) is 10.8. The van der Waals surface area contributed by atoms with Crippen LogP contribution in [-0.4, -0.2) is 48.8 Å². The van der Waals surface area contributed by atoms with Crippen LogP contribution < -0.4 is 4.72 Å². The van der Waals surface area contributed by atoms with Crippen molar-refractivity contribution < 1.29 is 13.2 Å². The minimum Gasteiger partial charge on any atom is -0.342 e. The number of aromatic nitrogens is 2. The molecule has 2 heterocycles. The van der Waals surface area contributed by atoms with Crippen LogP contribution in [0, 0.1) is 6.92 Å². The standard InChI is InChI=1S/C11H18N4O3S/c1-9-12-7-10(14-9)19(17,18)13-8-11(16)15-5-3-2-4-6-15/h7,13H,2-6,8H2,1H3,(H,12,14). The van der Waals surface area contributed by atoms with E-state index in [2.05, 4.69) is 14.7 Å². The average Bonchev–Trinajstić information content (AvgIpc) is 2.85. The molecule has 2 rings (SSSR count). The van der Waals surface area contributed by atoms with Gasteiger partial charge in [0.2, 0.25) is 5.91 Å². The topological polar surface area (TPSA) is 95.2 Å². The van der Waals surface area contributed by atoms with Crippen LogP contribution in [0.1, 0.15) is 25.1 Å². The Morgan fingerprint density at radius 3 is 2.68 bits per heavy atom. The number of carbonyl (C=O) groups is 1. The van der Waals surface area contributed by atoms with Crippen LogP contribution in [0.2, 0.25) is 0 Å². The number of piperidine rings is 1. The van der Waals surface area contributed by atoms with Crippen LogP contribution in [0.5, 0.6) is 0 Å². The first-order valence-corrected chi connectivity index (χ1v) is 7.76. The number of nitrogens with zero attached hydrogens (tertiary/aromatic N) is 2. The van der Waals surface area contributed by atoms with E-state index in [1.165, 1.54) is 6.20 Å². The lowest BCUT2D eigenvalue weighted by Crippen LogP contribution is -2.42. The molecular weight excluding hydrogens is 268 g/mol. The second kappa shape index (κ2) is 5.70. The molecule has 1 aromatic rings. The average molecular weight is 286 g/mol. The molecule has 1 fully saturated rings. The van der Waals surface area contributed by atoms with Gasteiger partial charge < -0.3 is 9.88 Å². The SMILES string of the molecule is Cc1ncc(S(=O)(=O)NCC(=O)N2CCCCC2)[nH]1. The quantitative estimate of drug-likeness (QED) is 0.815. The van der Waals surface area contributed by atoms with Crippen LogP contribution in [0.15, 0.2) is 11.2 Å². The Kier molecular flexibility index (Phi) is 4.20. The largest absolute Gasteiger partial charge is 0.342 e. The fourth-order valence-corrected chi connectivity index (χ4v) is 2.97. The summed E-state index contributed by atoms with van der Waals surface area (Å²) in [5.41, 5.74) is 0. The lowest BCUT2D eigenvalue weighted by atomic mass is 10.1. The maximum absolute atomic E-state index is 11.9. The summed E-state index contributed by atoms with van der Waals surface area (Å²) in [5.74, 6) is 0.335. The molecule has 0 aromatic carbocycles. The highest BCUT2D eigenvalue weighted by atomic mass is 32.2. The molecule has 2 N–H and O–H groups in total. The van der Waals surface area contributed by atoms with E-state index >= 15 is 0 Å². The highest BCUT2D eigenvalue weighted by molar-refractivity contribution is 7.89. The zero-order valence-corrected chi connectivity index (χ0v) is 11.7. The number of aromatic amines is 1.